The largest absolute Gasteiger partial charge is 0.365 e. The number of hydrogen-bond donors (Lipinski definition) is 2. The molecular formula is C4H8INO2. The minimum Gasteiger partial charge on any atom is -0.365 e. The van der Waals surface area contributed by atoms with Crippen molar-refractivity contribution in [3.63, 3.8) is 0 Å². The molecule has 0 aromatic heterocycles. The molecule has 1 heterocycles. The highest BCUT2D eigenvalue weighted by Gasteiger charge is 2.32. The van der Waals surface area contributed by atoms with Crippen LogP contribution in [0, 0.1) is 0 Å². The molecule has 1 aliphatic heterocycles. The van der Waals surface area contributed by atoms with Crippen molar-refractivity contribution in [1.82, 2.24) is 5.48 Å². The molecule has 0 aromatic carbocycles. The van der Waals surface area contributed by atoms with Crippen molar-refractivity contribution in [1.29, 1.82) is 0 Å². The van der Waals surface area contributed by atoms with Crippen molar-refractivity contribution in [3.05, 3.63) is 0 Å². The van der Waals surface area contributed by atoms with Crippen LogP contribution in [0.15, 0.2) is 0 Å². The fourth-order valence-corrected chi connectivity index (χ4v) is 1.40. The zero-order valence-electron chi connectivity index (χ0n) is 4.52. The normalized spacial score (nSPS) is 47.6. The van der Waals surface area contributed by atoms with Gasteiger partial charge in [-0.2, -0.15) is 5.48 Å². The Morgan fingerprint density at radius 1 is 2.00 bits per heavy atom. The lowest BCUT2D eigenvalue weighted by Gasteiger charge is -2.09. The van der Waals surface area contributed by atoms with Gasteiger partial charge in [-0.25, -0.2) is 0 Å². The Morgan fingerprint density at radius 3 is 2.75 bits per heavy atom. The van der Waals surface area contributed by atoms with Crippen molar-refractivity contribution in [2.75, 3.05) is 0 Å². The second kappa shape index (κ2) is 2.09. The fraction of sp³-hybridized carbons (Fsp3) is 1.00. The molecule has 0 amide bonds. The molecule has 4 heteroatoms. The van der Waals surface area contributed by atoms with Gasteiger partial charge in [0, 0.05) is 6.42 Å². The van der Waals surface area contributed by atoms with Gasteiger partial charge < -0.3 is 5.11 Å². The van der Waals surface area contributed by atoms with E-state index in [2.05, 4.69) is 5.48 Å². The molecule has 3 nitrogen and oxygen atoms in total. The van der Waals surface area contributed by atoms with Crippen LogP contribution in [-0.4, -0.2) is 14.9 Å². The molecule has 0 bridgehead atoms. The van der Waals surface area contributed by atoms with E-state index in [-0.39, 0.29) is 6.10 Å². The Labute approximate surface area is 61.5 Å². The monoisotopic (exact) mass is 229 g/mol. The van der Waals surface area contributed by atoms with Crippen molar-refractivity contribution >= 4 is 22.6 Å². The summed E-state index contributed by atoms with van der Waals surface area (Å²) in [6.45, 7) is 1.91. The highest BCUT2D eigenvalue weighted by molar-refractivity contribution is 14.1. The lowest BCUT2D eigenvalue weighted by atomic mass is 10.3. The van der Waals surface area contributed by atoms with Gasteiger partial charge in [0.25, 0.3) is 0 Å². The molecule has 1 rings (SSSR count). The van der Waals surface area contributed by atoms with Crippen LogP contribution in [0.25, 0.3) is 0 Å². The number of alkyl halides is 1. The molecular weight excluding hydrogens is 221 g/mol. The van der Waals surface area contributed by atoms with Crippen LogP contribution in [0.2, 0.25) is 0 Å². The van der Waals surface area contributed by atoms with Gasteiger partial charge in [-0.15, -0.1) is 0 Å². The van der Waals surface area contributed by atoms with Gasteiger partial charge in [0.05, 0.1) is 6.10 Å². The second-order valence-corrected chi connectivity index (χ2v) is 3.78. The first-order valence-electron chi connectivity index (χ1n) is 2.44. The number of rotatable bonds is 0. The van der Waals surface area contributed by atoms with Crippen molar-refractivity contribution in [2.45, 2.75) is 23.2 Å². The molecule has 1 fully saturated rings. The molecule has 2 atom stereocenters. The minimum atomic E-state index is -0.836. The predicted molar refractivity (Wildman–Crippen MR) is 37.3 cm³/mol. The quantitative estimate of drug-likeness (QED) is 0.358. The maximum Gasteiger partial charge on any atom is 0.192 e. The zero-order valence-corrected chi connectivity index (χ0v) is 6.68. The van der Waals surface area contributed by atoms with E-state index in [0.29, 0.717) is 6.42 Å². The van der Waals surface area contributed by atoms with Crippen molar-refractivity contribution in [3.8, 4) is 0 Å². The SMILES string of the molecule is CC1CC(O)(I)NO1. The fourth-order valence-electron chi connectivity index (χ4n) is 0.655. The third-order valence-corrected chi connectivity index (χ3v) is 1.64. The second-order valence-electron chi connectivity index (χ2n) is 1.99. The summed E-state index contributed by atoms with van der Waals surface area (Å²) >= 11 is 1.90. The van der Waals surface area contributed by atoms with Crippen LogP contribution < -0.4 is 5.48 Å². The highest BCUT2D eigenvalue weighted by atomic mass is 127. The molecule has 0 spiro atoms. The van der Waals surface area contributed by atoms with E-state index < -0.39 is 3.73 Å². The van der Waals surface area contributed by atoms with Gasteiger partial charge in [-0.1, -0.05) is 0 Å². The predicted octanol–water partition coefficient (Wildman–Crippen LogP) is 0.381. The lowest BCUT2D eigenvalue weighted by molar-refractivity contribution is -0.00839. The number of halogens is 1. The van der Waals surface area contributed by atoms with E-state index >= 15 is 0 Å². The summed E-state index contributed by atoms with van der Waals surface area (Å²) < 4.78 is -0.836. The smallest absolute Gasteiger partial charge is 0.192 e. The standard InChI is InChI=1S/C4H8INO2/c1-3-2-4(5,7)6-8-3/h3,6-7H,2H2,1H3. The first-order valence-corrected chi connectivity index (χ1v) is 3.52. The lowest BCUT2D eigenvalue weighted by Crippen LogP contribution is -2.30. The molecule has 1 aliphatic rings. The van der Waals surface area contributed by atoms with Gasteiger partial charge in [0.1, 0.15) is 0 Å². The Morgan fingerprint density at radius 2 is 2.62 bits per heavy atom. The maximum atomic E-state index is 9.12. The first kappa shape index (κ1) is 6.73. The number of hydrogen-bond acceptors (Lipinski definition) is 3. The van der Waals surface area contributed by atoms with E-state index in [1.807, 2.05) is 29.5 Å². The Bertz CT molecular complexity index is 96.0. The summed E-state index contributed by atoms with van der Waals surface area (Å²) in [5.74, 6) is 0. The van der Waals surface area contributed by atoms with Gasteiger partial charge in [-0.3, -0.25) is 4.84 Å². The molecule has 8 heavy (non-hydrogen) atoms. The van der Waals surface area contributed by atoms with Crippen LogP contribution in [0.1, 0.15) is 13.3 Å². The summed E-state index contributed by atoms with van der Waals surface area (Å²) in [5.41, 5.74) is 2.49. The summed E-state index contributed by atoms with van der Waals surface area (Å²) in [6.07, 6.45) is 0.769. The third kappa shape index (κ3) is 1.54. The maximum absolute atomic E-state index is 9.12. The third-order valence-electron chi connectivity index (χ3n) is 0.974. The number of nitrogens with one attached hydrogen (secondary N) is 1. The van der Waals surface area contributed by atoms with Crippen LogP contribution in [0.5, 0.6) is 0 Å². The molecule has 2 N–H and O–H groups in total. The van der Waals surface area contributed by atoms with E-state index in [1.165, 1.54) is 0 Å². The molecule has 0 radical (unpaired) electrons. The van der Waals surface area contributed by atoms with E-state index in [4.69, 9.17) is 9.94 Å². The minimum absolute atomic E-state index is 0.122. The van der Waals surface area contributed by atoms with Crippen LogP contribution in [-0.2, 0) is 4.84 Å². The molecule has 0 saturated carbocycles. The van der Waals surface area contributed by atoms with E-state index in [0.717, 1.165) is 0 Å². The highest BCUT2D eigenvalue weighted by Crippen LogP contribution is 2.24. The zero-order chi connectivity index (χ0) is 6.20. The summed E-state index contributed by atoms with van der Waals surface area (Å²) in [5, 5.41) is 9.12. The summed E-state index contributed by atoms with van der Waals surface area (Å²) in [7, 11) is 0. The molecule has 48 valence electrons. The van der Waals surface area contributed by atoms with E-state index in [1.54, 1.807) is 0 Å². The summed E-state index contributed by atoms with van der Waals surface area (Å²) in [6, 6.07) is 0. The van der Waals surface area contributed by atoms with E-state index in [9.17, 15) is 0 Å². The number of aliphatic hydroxyl groups is 1. The average molecular weight is 229 g/mol. The molecule has 0 aromatic rings. The van der Waals surface area contributed by atoms with Gasteiger partial charge >= 0.3 is 0 Å². The van der Waals surface area contributed by atoms with Crippen molar-refractivity contribution in [2.24, 2.45) is 0 Å². The molecule has 2 unspecified atom stereocenters. The van der Waals surface area contributed by atoms with Gasteiger partial charge in [0.2, 0.25) is 0 Å². The Hall–Kier alpha value is 0.610. The Kier molecular flexibility index (Phi) is 1.76. The van der Waals surface area contributed by atoms with Crippen molar-refractivity contribution < 1.29 is 9.94 Å². The van der Waals surface area contributed by atoms with Crippen LogP contribution in [0.4, 0.5) is 0 Å². The van der Waals surface area contributed by atoms with Crippen LogP contribution in [0.3, 0.4) is 0 Å². The number of hydroxylamine groups is 1. The first-order chi connectivity index (χ1) is 3.60. The Balaban J connectivity index is 2.44. The topological polar surface area (TPSA) is 41.5 Å². The summed E-state index contributed by atoms with van der Waals surface area (Å²) in [4.78, 5) is 4.86. The molecule has 0 aliphatic carbocycles. The molecule has 1 saturated heterocycles. The van der Waals surface area contributed by atoms with Gasteiger partial charge in [-0.05, 0) is 29.5 Å². The average Bonchev–Trinajstić information content (AvgIpc) is 1.82. The van der Waals surface area contributed by atoms with Gasteiger partial charge in [0.15, 0.2) is 3.73 Å². The van der Waals surface area contributed by atoms with Crippen LogP contribution >= 0.6 is 22.6 Å².